The van der Waals surface area contributed by atoms with Gasteiger partial charge in [0.15, 0.2) is 0 Å². The third-order valence-electron chi connectivity index (χ3n) is 3.18. The highest BCUT2D eigenvalue weighted by Gasteiger charge is 2.15. The van der Waals surface area contributed by atoms with Crippen LogP contribution in [0.3, 0.4) is 0 Å². The molecule has 1 aromatic rings. The topological polar surface area (TPSA) is 21.1 Å². The van der Waals surface area contributed by atoms with Gasteiger partial charge in [0.05, 0.1) is 6.54 Å². The maximum Gasteiger partial charge on any atom is 0.122 e. The molecule has 0 atom stereocenters. The van der Waals surface area contributed by atoms with Gasteiger partial charge in [-0.3, -0.25) is 4.90 Å². The number of rotatable bonds is 6. The van der Waals surface area contributed by atoms with Gasteiger partial charge in [0.1, 0.15) is 5.82 Å². The van der Waals surface area contributed by atoms with Gasteiger partial charge in [0, 0.05) is 31.4 Å². The van der Waals surface area contributed by atoms with E-state index in [1.807, 2.05) is 6.20 Å². The Morgan fingerprint density at radius 1 is 1.19 bits per heavy atom. The van der Waals surface area contributed by atoms with Crippen molar-refractivity contribution in [1.29, 1.82) is 0 Å². The van der Waals surface area contributed by atoms with Crippen LogP contribution in [0.1, 0.15) is 31.5 Å². The summed E-state index contributed by atoms with van der Waals surface area (Å²) >= 11 is 5.65. The first-order valence-electron chi connectivity index (χ1n) is 6.18. The second kappa shape index (κ2) is 6.26. The molecule has 0 N–H and O–H groups in total. The molecule has 16 heavy (non-hydrogen) atoms. The van der Waals surface area contributed by atoms with Crippen LogP contribution in [0.25, 0.3) is 0 Å². The van der Waals surface area contributed by atoms with E-state index in [0.29, 0.717) is 0 Å². The number of hydrogen-bond donors (Lipinski definition) is 0. The minimum Gasteiger partial charge on any atom is -0.333 e. The molecule has 4 heteroatoms. The summed E-state index contributed by atoms with van der Waals surface area (Å²) in [6, 6.07) is 0. The fourth-order valence-electron chi connectivity index (χ4n) is 2.20. The SMILES string of the molecule is ClCCCCCCN1CCn2ccnc2C1. The Labute approximate surface area is 102 Å². The van der Waals surface area contributed by atoms with Crippen molar-refractivity contribution in [3.8, 4) is 0 Å². The van der Waals surface area contributed by atoms with Crippen LogP contribution < -0.4 is 0 Å². The number of aromatic nitrogens is 2. The van der Waals surface area contributed by atoms with E-state index in [-0.39, 0.29) is 0 Å². The zero-order valence-electron chi connectivity index (χ0n) is 9.74. The van der Waals surface area contributed by atoms with E-state index in [2.05, 4.69) is 20.6 Å². The summed E-state index contributed by atoms with van der Waals surface area (Å²) in [5.74, 6) is 2.02. The first-order chi connectivity index (χ1) is 7.90. The Balaban J connectivity index is 1.65. The molecule has 1 aromatic heterocycles. The van der Waals surface area contributed by atoms with E-state index in [0.717, 1.165) is 25.4 Å². The zero-order chi connectivity index (χ0) is 11.2. The Hall–Kier alpha value is -0.540. The van der Waals surface area contributed by atoms with Crippen molar-refractivity contribution >= 4 is 11.6 Å². The van der Waals surface area contributed by atoms with Gasteiger partial charge in [-0.1, -0.05) is 12.8 Å². The summed E-state index contributed by atoms with van der Waals surface area (Å²) in [6.45, 7) is 4.48. The number of imidazole rings is 1. The van der Waals surface area contributed by atoms with Gasteiger partial charge in [0.25, 0.3) is 0 Å². The minimum absolute atomic E-state index is 0.807. The smallest absolute Gasteiger partial charge is 0.122 e. The molecule has 0 spiro atoms. The van der Waals surface area contributed by atoms with Gasteiger partial charge < -0.3 is 4.57 Å². The van der Waals surface area contributed by atoms with E-state index in [4.69, 9.17) is 11.6 Å². The molecule has 3 nitrogen and oxygen atoms in total. The van der Waals surface area contributed by atoms with Gasteiger partial charge in [-0.2, -0.15) is 0 Å². The van der Waals surface area contributed by atoms with Crippen LogP contribution in [0.4, 0.5) is 0 Å². The molecule has 2 rings (SSSR count). The minimum atomic E-state index is 0.807. The highest BCUT2D eigenvalue weighted by atomic mass is 35.5. The van der Waals surface area contributed by atoms with Gasteiger partial charge in [-0.05, 0) is 19.4 Å². The van der Waals surface area contributed by atoms with Crippen LogP contribution in [-0.2, 0) is 13.1 Å². The van der Waals surface area contributed by atoms with Crippen molar-refractivity contribution in [2.75, 3.05) is 19.0 Å². The molecular weight excluding hydrogens is 222 g/mol. The van der Waals surface area contributed by atoms with Crippen molar-refractivity contribution in [1.82, 2.24) is 14.5 Å². The predicted molar refractivity (Wildman–Crippen MR) is 66.7 cm³/mol. The van der Waals surface area contributed by atoms with Crippen LogP contribution in [0.2, 0.25) is 0 Å². The summed E-state index contributed by atoms with van der Waals surface area (Å²) in [5, 5.41) is 0. The average Bonchev–Trinajstić information content (AvgIpc) is 2.76. The van der Waals surface area contributed by atoms with Crippen molar-refractivity contribution < 1.29 is 0 Å². The molecule has 0 aromatic carbocycles. The first-order valence-corrected chi connectivity index (χ1v) is 6.72. The maximum atomic E-state index is 5.65. The number of fused-ring (bicyclic) bond motifs is 1. The normalized spacial score (nSPS) is 16.3. The Bertz CT molecular complexity index is 311. The van der Waals surface area contributed by atoms with Crippen LogP contribution >= 0.6 is 11.6 Å². The summed E-state index contributed by atoms with van der Waals surface area (Å²) in [5.41, 5.74) is 0. The molecule has 0 aliphatic carbocycles. The lowest BCUT2D eigenvalue weighted by Gasteiger charge is -2.27. The molecule has 90 valence electrons. The van der Waals surface area contributed by atoms with E-state index >= 15 is 0 Å². The lowest BCUT2D eigenvalue weighted by Crippen LogP contribution is -2.34. The van der Waals surface area contributed by atoms with Gasteiger partial charge in [0.2, 0.25) is 0 Å². The second-order valence-corrected chi connectivity index (χ2v) is 4.79. The van der Waals surface area contributed by atoms with Crippen molar-refractivity contribution in [2.24, 2.45) is 0 Å². The summed E-state index contributed by atoms with van der Waals surface area (Å²) in [7, 11) is 0. The Morgan fingerprint density at radius 3 is 2.94 bits per heavy atom. The standard InChI is InChI=1S/C12H20ClN3/c13-5-3-1-2-4-7-15-9-10-16-8-6-14-12(16)11-15/h6,8H,1-5,7,9-11H2. The molecule has 1 aliphatic rings. The van der Waals surface area contributed by atoms with Crippen molar-refractivity contribution in [3.63, 3.8) is 0 Å². The molecule has 0 amide bonds. The summed E-state index contributed by atoms with van der Waals surface area (Å²) in [4.78, 5) is 6.87. The summed E-state index contributed by atoms with van der Waals surface area (Å²) < 4.78 is 2.25. The quantitative estimate of drug-likeness (QED) is 0.564. The van der Waals surface area contributed by atoms with E-state index in [1.165, 1.54) is 38.2 Å². The van der Waals surface area contributed by atoms with Crippen LogP contribution in [0.15, 0.2) is 12.4 Å². The number of alkyl halides is 1. The highest BCUT2D eigenvalue weighted by Crippen LogP contribution is 2.11. The van der Waals surface area contributed by atoms with E-state index in [1.54, 1.807) is 0 Å². The monoisotopic (exact) mass is 241 g/mol. The van der Waals surface area contributed by atoms with Gasteiger partial charge in [-0.25, -0.2) is 4.98 Å². The molecule has 1 aliphatic heterocycles. The molecular formula is C12H20ClN3. The van der Waals surface area contributed by atoms with E-state index < -0.39 is 0 Å². The lowest BCUT2D eigenvalue weighted by atomic mass is 10.2. The number of hydrogen-bond acceptors (Lipinski definition) is 2. The average molecular weight is 242 g/mol. The molecule has 2 heterocycles. The molecule has 0 saturated heterocycles. The second-order valence-electron chi connectivity index (χ2n) is 4.42. The zero-order valence-corrected chi connectivity index (χ0v) is 10.5. The molecule has 0 unspecified atom stereocenters. The van der Waals surface area contributed by atoms with Crippen molar-refractivity contribution in [3.05, 3.63) is 18.2 Å². The molecule has 0 bridgehead atoms. The van der Waals surface area contributed by atoms with Crippen LogP contribution in [0.5, 0.6) is 0 Å². The number of unbranched alkanes of at least 4 members (excludes halogenated alkanes) is 3. The number of nitrogens with zero attached hydrogens (tertiary/aromatic N) is 3. The third kappa shape index (κ3) is 3.22. The molecule has 0 fully saturated rings. The van der Waals surface area contributed by atoms with Crippen LogP contribution in [-0.4, -0.2) is 33.4 Å². The molecule has 0 radical (unpaired) electrons. The maximum absolute atomic E-state index is 5.65. The van der Waals surface area contributed by atoms with Crippen molar-refractivity contribution in [2.45, 2.75) is 38.8 Å². The molecule has 0 saturated carbocycles. The number of halogens is 1. The largest absolute Gasteiger partial charge is 0.333 e. The highest BCUT2D eigenvalue weighted by molar-refractivity contribution is 6.17. The first kappa shape index (κ1) is 11.9. The van der Waals surface area contributed by atoms with Gasteiger partial charge >= 0.3 is 0 Å². The lowest BCUT2D eigenvalue weighted by molar-refractivity contribution is 0.212. The fraction of sp³-hybridized carbons (Fsp3) is 0.750. The Kier molecular flexibility index (Phi) is 4.67. The van der Waals surface area contributed by atoms with Gasteiger partial charge in [-0.15, -0.1) is 11.6 Å². The predicted octanol–water partition coefficient (Wildman–Crippen LogP) is 2.50. The summed E-state index contributed by atoms with van der Waals surface area (Å²) in [6.07, 6.45) is 9.00. The van der Waals surface area contributed by atoms with Crippen LogP contribution in [0, 0.1) is 0 Å². The van der Waals surface area contributed by atoms with E-state index in [9.17, 15) is 0 Å². The third-order valence-corrected chi connectivity index (χ3v) is 3.45. The fourth-order valence-corrected chi connectivity index (χ4v) is 2.39. The Morgan fingerprint density at radius 2 is 2.06 bits per heavy atom.